The molecule has 4 aromatic carbocycles. The first kappa shape index (κ1) is 30.0. The summed E-state index contributed by atoms with van der Waals surface area (Å²) in [7, 11) is 0. The van der Waals surface area contributed by atoms with Crippen molar-refractivity contribution in [1.29, 1.82) is 0 Å². The molecule has 0 heterocycles. The van der Waals surface area contributed by atoms with E-state index in [2.05, 4.69) is 47.7 Å². The Bertz CT molecular complexity index is 1480. The van der Waals surface area contributed by atoms with Gasteiger partial charge in [-0.2, -0.15) is 5.10 Å². The van der Waals surface area contributed by atoms with Crippen LogP contribution in [-0.2, 0) is 11.4 Å². The number of carbonyl (C=O) groups excluding carboxylic acids is 2. The van der Waals surface area contributed by atoms with Crippen molar-refractivity contribution in [2.75, 3.05) is 6.61 Å². The molecule has 4 aromatic rings. The first-order valence-corrected chi connectivity index (χ1v) is 14.6. The molecular formula is C32H29Br2N3O4. The van der Waals surface area contributed by atoms with Gasteiger partial charge in [-0.1, -0.05) is 76.6 Å². The highest BCUT2D eigenvalue weighted by atomic mass is 79.9. The van der Waals surface area contributed by atoms with Crippen LogP contribution in [-0.4, -0.2) is 24.6 Å². The largest absolute Gasteiger partial charge is 0.490 e. The van der Waals surface area contributed by atoms with Crippen LogP contribution in [0.25, 0.3) is 0 Å². The first-order valence-electron chi connectivity index (χ1n) is 13.0. The Labute approximate surface area is 256 Å². The van der Waals surface area contributed by atoms with E-state index in [-0.39, 0.29) is 18.2 Å². The number of hydrogen-bond acceptors (Lipinski definition) is 5. The summed E-state index contributed by atoms with van der Waals surface area (Å²) in [5, 5.41) is 7.10. The second kappa shape index (κ2) is 15.2. The lowest BCUT2D eigenvalue weighted by Crippen LogP contribution is -2.32. The molecule has 0 aliphatic heterocycles. The van der Waals surface area contributed by atoms with Crippen LogP contribution in [0.1, 0.15) is 46.4 Å². The van der Waals surface area contributed by atoms with E-state index in [0.717, 1.165) is 15.6 Å². The van der Waals surface area contributed by atoms with Crippen molar-refractivity contribution in [1.82, 2.24) is 10.7 Å². The maximum atomic E-state index is 12.8. The highest BCUT2D eigenvalue weighted by Gasteiger charge is 2.19. The average Bonchev–Trinajstić information content (AvgIpc) is 2.98. The lowest BCUT2D eigenvalue weighted by atomic mass is 10.0. The summed E-state index contributed by atoms with van der Waals surface area (Å²) in [6.45, 7) is 2.72. The minimum Gasteiger partial charge on any atom is -0.490 e. The number of carbonyl (C=O) groups is 2. The molecule has 4 rings (SSSR count). The molecule has 9 heteroatoms. The van der Waals surface area contributed by atoms with Gasteiger partial charge in [0.25, 0.3) is 5.91 Å². The van der Waals surface area contributed by atoms with Crippen LogP contribution in [0.2, 0.25) is 0 Å². The van der Waals surface area contributed by atoms with Gasteiger partial charge in [-0.05, 0) is 75.9 Å². The number of halogens is 2. The van der Waals surface area contributed by atoms with Crippen molar-refractivity contribution in [2.24, 2.45) is 5.10 Å². The number of nitrogens with zero attached hydrogens (tertiary/aromatic N) is 1. The summed E-state index contributed by atoms with van der Waals surface area (Å²) in [6, 6.07) is 29.3. The van der Waals surface area contributed by atoms with E-state index < -0.39 is 6.04 Å². The summed E-state index contributed by atoms with van der Waals surface area (Å²) in [5.74, 6) is 0.531. The molecule has 0 aromatic heterocycles. The van der Waals surface area contributed by atoms with Gasteiger partial charge >= 0.3 is 0 Å². The van der Waals surface area contributed by atoms with E-state index in [1.165, 1.54) is 6.21 Å². The van der Waals surface area contributed by atoms with Crippen molar-refractivity contribution in [3.8, 4) is 11.5 Å². The molecule has 0 bridgehead atoms. The van der Waals surface area contributed by atoms with Crippen LogP contribution in [0, 0.1) is 0 Å². The molecule has 0 saturated carbocycles. The standard InChI is InChI=1S/C32H29Br2N3O4/c1-2-40-29-18-23(17-27(34)31(29)41-21-22-13-15-26(33)16-14-22)20-35-37-30(38)19-28(24-9-5-3-6-10-24)36-32(39)25-11-7-4-8-12-25/h3-18,20,28H,2,19,21H2,1H3,(H,36,39)(H,37,38)/b35-20-/t28-/m1/s1. The van der Waals surface area contributed by atoms with Crippen LogP contribution in [0.15, 0.2) is 111 Å². The van der Waals surface area contributed by atoms with Gasteiger partial charge in [0.05, 0.1) is 29.8 Å². The Hall–Kier alpha value is -3.95. The second-order valence-electron chi connectivity index (χ2n) is 8.98. The fourth-order valence-electron chi connectivity index (χ4n) is 3.98. The number of hydrogen-bond donors (Lipinski definition) is 2. The van der Waals surface area contributed by atoms with Gasteiger partial charge in [-0.15, -0.1) is 0 Å². The maximum Gasteiger partial charge on any atom is 0.251 e. The predicted molar refractivity (Wildman–Crippen MR) is 167 cm³/mol. The lowest BCUT2D eigenvalue weighted by molar-refractivity contribution is -0.121. The van der Waals surface area contributed by atoms with Crippen LogP contribution in [0.3, 0.4) is 0 Å². The minimum absolute atomic E-state index is 0.0106. The van der Waals surface area contributed by atoms with Crippen LogP contribution >= 0.6 is 31.9 Å². The second-order valence-corrected chi connectivity index (χ2v) is 10.7. The Morgan fingerprint density at radius 2 is 1.59 bits per heavy atom. The van der Waals surface area contributed by atoms with Crippen molar-refractivity contribution in [3.05, 3.63) is 128 Å². The molecule has 0 unspecified atom stereocenters. The highest BCUT2D eigenvalue weighted by molar-refractivity contribution is 9.10. The first-order chi connectivity index (χ1) is 19.9. The third kappa shape index (κ3) is 9.03. The van der Waals surface area contributed by atoms with E-state index in [1.54, 1.807) is 30.3 Å². The quantitative estimate of drug-likeness (QED) is 0.123. The van der Waals surface area contributed by atoms with E-state index in [1.807, 2.05) is 73.7 Å². The van der Waals surface area contributed by atoms with Gasteiger partial charge in [0.15, 0.2) is 11.5 Å². The zero-order valence-corrected chi connectivity index (χ0v) is 25.5. The normalized spacial score (nSPS) is 11.6. The third-order valence-corrected chi connectivity index (χ3v) is 7.08. The molecule has 1 atom stereocenters. The number of amides is 2. The molecule has 2 amide bonds. The molecular weight excluding hydrogens is 650 g/mol. The zero-order chi connectivity index (χ0) is 29.0. The SMILES string of the molecule is CCOc1cc(/C=N\NC(=O)C[C@@H](NC(=O)c2ccccc2)c2ccccc2)cc(Br)c1OCc1ccc(Br)cc1. The molecule has 0 aliphatic rings. The summed E-state index contributed by atoms with van der Waals surface area (Å²) in [5.41, 5.74) is 5.63. The summed E-state index contributed by atoms with van der Waals surface area (Å²) in [4.78, 5) is 25.6. The van der Waals surface area contributed by atoms with Crippen molar-refractivity contribution in [3.63, 3.8) is 0 Å². The summed E-state index contributed by atoms with van der Waals surface area (Å²) in [6.07, 6.45) is 1.54. The molecule has 210 valence electrons. The van der Waals surface area contributed by atoms with Crippen LogP contribution in [0.4, 0.5) is 0 Å². The third-order valence-electron chi connectivity index (χ3n) is 5.96. The molecule has 0 saturated heterocycles. The van der Waals surface area contributed by atoms with Gasteiger partial charge in [0.1, 0.15) is 6.61 Å². The zero-order valence-electron chi connectivity index (χ0n) is 22.3. The van der Waals surface area contributed by atoms with Gasteiger partial charge in [0.2, 0.25) is 5.91 Å². The topological polar surface area (TPSA) is 89.0 Å². The van der Waals surface area contributed by atoms with Crippen molar-refractivity contribution < 1.29 is 19.1 Å². The van der Waals surface area contributed by atoms with E-state index >= 15 is 0 Å². The number of rotatable bonds is 12. The van der Waals surface area contributed by atoms with Crippen molar-refractivity contribution in [2.45, 2.75) is 26.0 Å². The van der Waals surface area contributed by atoms with E-state index in [0.29, 0.717) is 40.3 Å². The Kier molecular flexibility index (Phi) is 11.1. The number of ether oxygens (including phenoxy) is 2. The molecule has 2 N–H and O–H groups in total. The van der Waals surface area contributed by atoms with Crippen LogP contribution < -0.4 is 20.2 Å². The van der Waals surface area contributed by atoms with Gasteiger partial charge in [0, 0.05) is 10.0 Å². The molecule has 0 aliphatic carbocycles. The maximum absolute atomic E-state index is 12.8. The number of benzene rings is 4. The average molecular weight is 679 g/mol. The van der Waals surface area contributed by atoms with Gasteiger partial charge < -0.3 is 14.8 Å². The monoisotopic (exact) mass is 677 g/mol. The van der Waals surface area contributed by atoms with Crippen molar-refractivity contribution >= 4 is 49.9 Å². The molecule has 7 nitrogen and oxygen atoms in total. The summed E-state index contributed by atoms with van der Waals surface area (Å²) < 4.78 is 13.6. The lowest BCUT2D eigenvalue weighted by Gasteiger charge is -2.18. The molecule has 41 heavy (non-hydrogen) atoms. The van der Waals surface area contributed by atoms with Gasteiger partial charge in [-0.25, -0.2) is 5.43 Å². The number of nitrogens with one attached hydrogen (secondary N) is 2. The smallest absolute Gasteiger partial charge is 0.251 e. The Morgan fingerprint density at radius 1 is 0.902 bits per heavy atom. The van der Waals surface area contributed by atoms with E-state index in [9.17, 15) is 9.59 Å². The van der Waals surface area contributed by atoms with E-state index in [4.69, 9.17) is 9.47 Å². The fraction of sp³-hybridized carbons (Fsp3) is 0.156. The minimum atomic E-state index is -0.528. The van der Waals surface area contributed by atoms with Gasteiger partial charge in [-0.3, -0.25) is 9.59 Å². The molecule has 0 spiro atoms. The summed E-state index contributed by atoms with van der Waals surface area (Å²) >= 11 is 7.01. The highest BCUT2D eigenvalue weighted by Crippen LogP contribution is 2.37. The Morgan fingerprint density at radius 3 is 2.27 bits per heavy atom. The molecule has 0 radical (unpaired) electrons. The predicted octanol–water partition coefficient (Wildman–Crippen LogP) is 7.20. The Balaban J connectivity index is 1.41. The molecule has 0 fully saturated rings. The fourth-order valence-corrected chi connectivity index (χ4v) is 4.82. The van der Waals surface area contributed by atoms with Crippen LogP contribution in [0.5, 0.6) is 11.5 Å². The number of hydrazone groups is 1.